The number of likely N-dealkylation sites (tertiary alicyclic amines) is 1. The summed E-state index contributed by atoms with van der Waals surface area (Å²) in [7, 11) is 1.53. The highest BCUT2D eigenvalue weighted by molar-refractivity contribution is 6.32. The molecule has 2 aromatic heterocycles. The Labute approximate surface area is 219 Å². The van der Waals surface area contributed by atoms with Gasteiger partial charge in [-0.3, -0.25) is 14.7 Å². The Morgan fingerprint density at radius 3 is 2.97 bits per heavy atom. The molecule has 190 valence electrons. The minimum atomic E-state index is -0.981. The summed E-state index contributed by atoms with van der Waals surface area (Å²) >= 11 is 6.35. The molecule has 5 rings (SSSR count). The maximum Gasteiger partial charge on any atom is 0.408 e. The molecule has 2 aliphatic rings. The number of H-pyrrole nitrogens is 1. The lowest BCUT2D eigenvalue weighted by atomic mass is 9.98. The van der Waals surface area contributed by atoms with Crippen molar-refractivity contribution in [3.8, 4) is 28.8 Å². The van der Waals surface area contributed by atoms with Gasteiger partial charge in [0, 0.05) is 43.2 Å². The maximum atomic E-state index is 13.0. The fraction of sp³-hybridized carbons (Fsp3) is 0.296. The number of para-hydroxylation sites is 1. The quantitative estimate of drug-likeness (QED) is 0.372. The second-order valence-corrected chi connectivity index (χ2v) is 9.57. The topological polar surface area (TPSA) is 120 Å². The van der Waals surface area contributed by atoms with Crippen molar-refractivity contribution in [2.45, 2.75) is 31.7 Å². The fourth-order valence-electron chi connectivity index (χ4n) is 4.97. The van der Waals surface area contributed by atoms with E-state index in [-0.39, 0.29) is 5.91 Å². The summed E-state index contributed by atoms with van der Waals surface area (Å²) in [5.41, 5.74) is 3.72. The van der Waals surface area contributed by atoms with Crippen molar-refractivity contribution in [3.05, 3.63) is 58.5 Å². The average molecular weight is 520 g/mol. The summed E-state index contributed by atoms with van der Waals surface area (Å²) in [5, 5.41) is 16.3. The summed E-state index contributed by atoms with van der Waals surface area (Å²) in [5.74, 6) is 6.63. The number of hydrogen-bond donors (Lipinski definition) is 4. The van der Waals surface area contributed by atoms with E-state index in [1.165, 1.54) is 12.0 Å². The number of rotatable bonds is 4. The Kier molecular flexibility index (Phi) is 6.44. The van der Waals surface area contributed by atoms with Gasteiger partial charge in [0.25, 0.3) is 5.91 Å². The average Bonchev–Trinajstić information content (AvgIpc) is 3.45. The molecule has 4 heterocycles. The summed E-state index contributed by atoms with van der Waals surface area (Å²) in [4.78, 5) is 33.8. The molecular formula is C27H26ClN5O4. The molecule has 0 saturated carbocycles. The van der Waals surface area contributed by atoms with Crippen LogP contribution in [0.3, 0.4) is 0 Å². The second-order valence-electron chi connectivity index (χ2n) is 9.16. The number of anilines is 2. The van der Waals surface area contributed by atoms with Crippen LogP contribution in [0.4, 0.5) is 16.2 Å². The smallest absolute Gasteiger partial charge is 0.408 e. The molecule has 9 nitrogen and oxygen atoms in total. The van der Waals surface area contributed by atoms with Crippen LogP contribution in [0.15, 0.2) is 36.7 Å². The second kappa shape index (κ2) is 9.71. The lowest BCUT2D eigenvalue weighted by Gasteiger charge is -2.27. The minimum absolute atomic E-state index is 0.190. The van der Waals surface area contributed by atoms with Gasteiger partial charge in [-0.15, -0.1) is 0 Å². The van der Waals surface area contributed by atoms with Crippen LogP contribution in [0, 0.1) is 11.8 Å². The van der Waals surface area contributed by atoms with Gasteiger partial charge in [-0.1, -0.05) is 29.5 Å². The van der Waals surface area contributed by atoms with Gasteiger partial charge < -0.3 is 25.5 Å². The highest BCUT2D eigenvalue weighted by Crippen LogP contribution is 2.41. The number of aromatic amines is 1. The number of carbonyl (C=O) groups excluding carboxylic acids is 1. The van der Waals surface area contributed by atoms with Gasteiger partial charge in [-0.05, 0) is 38.0 Å². The number of methoxy groups -OCH3 is 1. The zero-order valence-corrected chi connectivity index (χ0v) is 21.2. The molecule has 4 N–H and O–H groups in total. The number of pyridine rings is 1. The number of nitrogens with zero attached hydrogens (tertiary/aromatic N) is 2. The lowest BCUT2D eigenvalue weighted by Crippen LogP contribution is -2.43. The molecule has 3 aromatic rings. The SMILES string of the molecule is COc1c(Cl)cccc1Nc1c(-c2ccncc2C#C[C@]2(C)CCCN2C(=O)O)[nH]c2c1C(=O)NCC2. The fourth-order valence-corrected chi connectivity index (χ4v) is 5.22. The van der Waals surface area contributed by atoms with Crippen LogP contribution in [0.5, 0.6) is 5.75 Å². The van der Waals surface area contributed by atoms with Crippen LogP contribution in [0.25, 0.3) is 11.3 Å². The Balaban J connectivity index is 1.64. The van der Waals surface area contributed by atoms with Crippen molar-refractivity contribution in [2.24, 2.45) is 0 Å². The number of carbonyl (C=O) groups is 2. The van der Waals surface area contributed by atoms with E-state index in [1.807, 2.05) is 19.1 Å². The molecule has 1 fully saturated rings. The molecule has 1 atom stereocenters. The molecule has 0 unspecified atom stereocenters. The van der Waals surface area contributed by atoms with Crippen LogP contribution < -0.4 is 15.4 Å². The third kappa shape index (κ3) is 4.45. The number of hydrogen-bond acceptors (Lipinski definition) is 5. The van der Waals surface area contributed by atoms with Crippen molar-refractivity contribution in [3.63, 3.8) is 0 Å². The minimum Gasteiger partial charge on any atom is -0.493 e. The molecule has 2 amide bonds. The number of carboxylic acid groups (broad SMARTS) is 1. The van der Waals surface area contributed by atoms with Gasteiger partial charge in [-0.25, -0.2) is 4.79 Å². The van der Waals surface area contributed by atoms with Gasteiger partial charge in [0.15, 0.2) is 5.75 Å². The van der Waals surface area contributed by atoms with Gasteiger partial charge in [0.1, 0.15) is 5.54 Å². The number of halogens is 1. The van der Waals surface area contributed by atoms with Crippen LogP contribution in [-0.2, 0) is 6.42 Å². The molecule has 1 aromatic carbocycles. The predicted molar refractivity (Wildman–Crippen MR) is 141 cm³/mol. The van der Waals surface area contributed by atoms with Crippen LogP contribution >= 0.6 is 11.6 Å². The molecule has 0 spiro atoms. The molecule has 0 bridgehead atoms. The Hall–Kier alpha value is -4.16. The molecule has 10 heteroatoms. The number of nitrogens with one attached hydrogen (secondary N) is 3. The van der Waals surface area contributed by atoms with Crippen LogP contribution in [-0.4, -0.2) is 57.7 Å². The first kappa shape index (κ1) is 24.5. The van der Waals surface area contributed by atoms with E-state index in [1.54, 1.807) is 24.5 Å². The van der Waals surface area contributed by atoms with Gasteiger partial charge in [0.2, 0.25) is 0 Å². The van der Waals surface area contributed by atoms with Gasteiger partial charge in [0.05, 0.1) is 40.3 Å². The van der Waals surface area contributed by atoms with Crippen LogP contribution in [0.2, 0.25) is 5.02 Å². The van der Waals surface area contributed by atoms with Crippen LogP contribution in [0.1, 0.15) is 41.4 Å². The highest BCUT2D eigenvalue weighted by atomic mass is 35.5. The van der Waals surface area contributed by atoms with Crippen molar-refractivity contribution >= 4 is 35.0 Å². The number of amides is 2. The molecule has 2 aliphatic heterocycles. The third-order valence-electron chi connectivity index (χ3n) is 6.82. The Morgan fingerprint density at radius 1 is 1.35 bits per heavy atom. The van der Waals surface area contributed by atoms with E-state index >= 15 is 0 Å². The van der Waals surface area contributed by atoms with E-state index in [2.05, 4.69) is 32.4 Å². The van der Waals surface area contributed by atoms with E-state index in [0.717, 1.165) is 17.7 Å². The molecule has 1 saturated heterocycles. The number of benzene rings is 1. The van der Waals surface area contributed by atoms with E-state index < -0.39 is 11.6 Å². The van der Waals surface area contributed by atoms with Crippen molar-refractivity contribution in [2.75, 3.05) is 25.5 Å². The lowest BCUT2D eigenvalue weighted by molar-refractivity contribution is 0.0946. The Bertz CT molecular complexity index is 1460. The first-order valence-electron chi connectivity index (χ1n) is 11.9. The number of ether oxygens (including phenoxy) is 1. The Morgan fingerprint density at radius 2 is 2.19 bits per heavy atom. The molecular weight excluding hydrogens is 494 g/mol. The standard InChI is InChI=1S/C27H26ClN5O4/c1-27(10-4-14-33(27)26(35)36)11-7-16-15-29-12-8-17(16)22-23(21-19(31-22)9-13-30-25(21)34)32-20-6-3-5-18(28)24(20)37-2/h3,5-6,8,12,15,31-32H,4,9-10,13-14H2,1-2H3,(H,30,34)(H,35,36)/t27-/m0/s1. The normalized spacial score (nSPS) is 18.5. The largest absolute Gasteiger partial charge is 0.493 e. The first-order valence-corrected chi connectivity index (χ1v) is 12.3. The maximum absolute atomic E-state index is 13.0. The van der Waals surface area contributed by atoms with E-state index in [0.29, 0.717) is 64.9 Å². The zero-order valence-electron chi connectivity index (χ0n) is 20.4. The van der Waals surface area contributed by atoms with Crippen molar-refractivity contribution in [1.82, 2.24) is 20.2 Å². The van der Waals surface area contributed by atoms with E-state index in [9.17, 15) is 14.7 Å². The summed E-state index contributed by atoms with van der Waals surface area (Å²) < 4.78 is 5.51. The van der Waals surface area contributed by atoms with Gasteiger partial charge >= 0.3 is 6.09 Å². The zero-order chi connectivity index (χ0) is 26.2. The van der Waals surface area contributed by atoms with E-state index in [4.69, 9.17) is 16.3 Å². The summed E-state index contributed by atoms with van der Waals surface area (Å²) in [6.45, 7) is 2.82. The predicted octanol–water partition coefficient (Wildman–Crippen LogP) is 4.65. The molecule has 0 radical (unpaired) electrons. The van der Waals surface area contributed by atoms with Crippen molar-refractivity contribution < 1.29 is 19.4 Å². The molecule has 37 heavy (non-hydrogen) atoms. The van der Waals surface area contributed by atoms with Crippen molar-refractivity contribution in [1.29, 1.82) is 0 Å². The monoisotopic (exact) mass is 519 g/mol. The van der Waals surface area contributed by atoms with Gasteiger partial charge in [-0.2, -0.15) is 0 Å². The third-order valence-corrected chi connectivity index (χ3v) is 7.12. The first-order chi connectivity index (χ1) is 17.8. The highest BCUT2D eigenvalue weighted by Gasteiger charge is 2.38. The summed E-state index contributed by atoms with van der Waals surface area (Å²) in [6.07, 6.45) is 4.37. The molecule has 0 aliphatic carbocycles. The number of fused-ring (bicyclic) bond motifs is 1. The summed E-state index contributed by atoms with van der Waals surface area (Å²) in [6, 6.07) is 7.17. The number of aromatic nitrogens is 2.